The molecule has 112 valence electrons. The number of aromatic nitrogens is 4. The third-order valence-electron chi connectivity index (χ3n) is 3.20. The summed E-state index contributed by atoms with van der Waals surface area (Å²) in [5.74, 6) is 0.465. The van der Waals surface area contributed by atoms with Crippen LogP contribution in [0, 0.1) is 6.92 Å². The average Bonchev–Trinajstić information content (AvgIpc) is 2.94. The van der Waals surface area contributed by atoms with E-state index in [0.29, 0.717) is 11.5 Å². The second-order valence-electron chi connectivity index (χ2n) is 4.99. The van der Waals surface area contributed by atoms with Gasteiger partial charge in [0.25, 0.3) is 5.16 Å². The molecule has 3 aromatic rings. The van der Waals surface area contributed by atoms with E-state index in [4.69, 9.17) is 0 Å². The van der Waals surface area contributed by atoms with Crippen molar-refractivity contribution < 1.29 is 8.42 Å². The lowest BCUT2D eigenvalue weighted by atomic mass is 10.2. The molecule has 3 rings (SSSR count). The van der Waals surface area contributed by atoms with E-state index in [-0.39, 0.29) is 5.16 Å². The monoisotopic (exact) mass is 314 g/mol. The molecule has 0 saturated heterocycles. The Labute approximate surface area is 128 Å². The van der Waals surface area contributed by atoms with Crippen molar-refractivity contribution in [3.05, 3.63) is 54.4 Å². The minimum absolute atomic E-state index is 0.0804. The molecule has 0 spiro atoms. The number of sulfone groups is 1. The summed E-state index contributed by atoms with van der Waals surface area (Å²) in [6.45, 7) is 1.97. The molecule has 0 aliphatic rings. The highest BCUT2D eigenvalue weighted by Gasteiger charge is 2.22. The number of hydrogen-bond acceptors (Lipinski definition) is 5. The molecule has 0 aliphatic heterocycles. The topological polar surface area (TPSA) is 77.7 Å². The smallest absolute Gasteiger partial charge is 0.254 e. The number of aryl methyl sites for hydroxylation is 1. The van der Waals surface area contributed by atoms with Gasteiger partial charge in [-0.1, -0.05) is 17.7 Å². The van der Waals surface area contributed by atoms with Gasteiger partial charge >= 0.3 is 0 Å². The maximum atomic E-state index is 12.0. The molecule has 0 fully saturated rings. The molecule has 0 aliphatic carbocycles. The second-order valence-corrected chi connectivity index (χ2v) is 6.89. The van der Waals surface area contributed by atoms with Crippen molar-refractivity contribution in [3.63, 3.8) is 0 Å². The van der Waals surface area contributed by atoms with Crippen molar-refractivity contribution in [3.8, 4) is 17.1 Å². The third kappa shape index (κ3) is 2.62. The summed E-state index contributed by atoms with van der Waals surface area (Å²) < 4.78 is 25.6. The predicted octanol–water partition coefficient (Wildman–Crippen LogP) is 2.04. The third-order valence-corrected chi connectivity index (χ3v) is 4.12. The molecule has 0 saturated carbocycles. The van der Waals surface area contributed by atoms with E-state index in [1.54, 1.807) is 29.1 Å². The summed E-state index contributed by atoms with van der Waals surface area (Å²) in [5.41, 5.74) is 2.53. The highest BCUT2D eigenvalue weighted by Crippen LogP contribution is 2.24. The minimum Gasteiger partial charge on any atom is -0.266 e. The van der Waals surface area contributed by atoms with Crippen LogP contribution in [-0.2, 0) is 9.84 Å². The molecular formula is C15H14N4O2S. The van der Waals surface area contributed by atoms with Gasteiger partial charge in [0.1, 0.15) is 0 Å². The van der Waals surface area contributed by atoms with Crippen molar-refractivity contribution in [2.45, 2.75) is 12.1 Å². The first kappa shape index (κ1) is 14.4. The first-order valence-corrected chi connectivity index (χ1v) is 8.49. The van der Waals surface area contributed by atoms with Gasteiger partial charge in [0.2, 0.25) is 9.84 Å². The van der Waals surface area contributed by atoms with Gasteiger partial charge in [0, 0.05) is 29.9 Å². The fraction of sp³-hybridized carbons (Fsp3) is 0.133. The van der Waals surface area contributed by atoms with Crippen molar-refractivity contribution in [1.29, 1.82) is 0 Å². The number of rotatable bonds is 3. The summed E-state index contributed by atoms with van der Waals surface area (Å²) in [7, 11) is -3.51. The van der Waals surface area contributed by atoms with Crippen LogP contribution in [0.1, 0.15) is 5.56 Å². The van der Waals surface area contributed by atoms with Crippen LogP contribution in [0.2, 0.25) is 0 Å². The van der Waals surface area contributed by atoms with Gasteiger partial charge in [-0.05, 0) is 31.2 Å². The first-order valence-electron chi connectivity index (χ1n) is 6.60. The van der Waals surface area contributed by atoms with E-state index in [9.17, 15) is 8.42 Å². The summed E-state index contributed by atoms with van der Waals surface area (Å²) in [5, 5.41) is 7.84. The van der Waals surface area contributed by atoms with E-state index in [2.05, 4.69) is 15.2 Å². The van der Waals surface area contributed by atoms with Gasteiger partial charge in [-0.15, -0.1) is 10.2 Å². The SMILES string of the molecule is Cc1ccc(-n2c(-c3ccncc3)nnc2S(C)(=O)=O)cc1. The fourth-order valence-corrected chi connectivity index (χ4v) is 2.84. The zero-order valence-electron chi connectivity index (χ0n) is 12.1. The first-order chi connectivity index (χ1) is 10.5. The Balaban J connectivity index is 2.29. The normalized spacial score (nSPS) is 11.5. The Morgan fingerprint density at radius 2 is 1.59 bits per heavy atom. The van der Waals surface area contributed by atoms with Crippen LogP contribution in [0.4, 0.5) is 0 Å². The van der Waals surface area contributed by atoms with Crippen LogP contribution in [0.15, 0.2) is 53.9 Å². The van der Waals surface area contributed by atoms with Gasteiger partial charge in [0.15, 0.2) is 5.82 Å². The average molecular weight is 314 g/mol. The Kier molecular flexibility index (Phi) is 3.50. The predicted molar refractivity (Wildman–Crippen MR) is 82.4 cm³/mol. The summed E-state index contributed by atoms with van der Waals surface area (Å²) in [4.78, 5) is 3.96. The molecule has 1 aromatic carbocycles. The maximum absolute atomic E-state index is 12.0. The molecule has 2 heterocycles. The van der Waals surface area contributed by atoms with Crippen LogP contribution < -0.4 is 0 Å². The molecule has 0 atom stereocenters. The van der Waals surface area contributed by atoms with E-state index < -0.39 is 9.84 Å². The second kappa shape index (κ2) is 5.34. The lowest BCUT2D eigenvalue weighted by molar-refractivity contribution is 0.589. The molecule has 7 heteroatoms. The molecule has 0 radical (unpaired) electrons. The molecule has 0 unspecified atom stereocenters. The Morgan fingerprint density at radius 1 is 0.955 bits per heavy atom. The number of pyridine rings is 1. The molecular weight excluding hydrogens is 300 g/mol. The molecule has 22 heavy (non-hydrogen) atoms. The number of nitrogens with zero attached hydrogens (tertiary/aromatic N) is 4. The molecule has 0 N–H and O–H groups in total. The molecule has 0 amide bonds. The van der Waals surface area contributed by atoms with E-state index in [1.165, 1.54) is 0 Å². The summed E-state index contributed by atoms with van der Waals surface area (Å²) in [6, 6.07) is 11.0. The highest BCUT2D eigenvalue weighted by atomic mass is 32.2. The minimum atomic E-state index is -3.51. The maximum Gasteiger partial charge on any atom is 0.254 e. The Hall–Kier alpha value is -2.54. The van der Waals surface area contributed by atoms with Gasteiger partial charge in [-0.2, -0.15) is 0 Å². The number of hydrogen-bond donors (Lipinski definition) is 0. The van der Waals surface area contributed by atoms with E-state index in [0.717, 1.165) is 17.4 Å². The summed E-state index contributed by atoms with van der Waals surface area (Å²) >= 11 is 0. The van der Waals surface area contributed by atoms with E-state index >= 15 is 0 Å². The fourth-order valence-electron chi connectivity index (χ4n) is 2.12. The molecule has 0 bridgehead atoms. The zero-order valence-corrected chi connectivity index (χ0v) is 12.9. The van der Waals surface area contributed by atoms with E-state index in [1.807, 2.05) is 31.2 Å². The van der Waals surface area contributed by atoms with Crippen LogP contribution in [-0.4, -0.2) is 34.4 Å². The van der Waals surface area contributed by atoms with Gasteiger partial charge in [0.05, 0.1) is 0 Å². The van der Waals surface area contributed by atoms with Gasteiger partial charge in [-0.25, -0.2) is 8.42 Å². The van der Waals surface area contributed by atoms with Crippen molar-refractivity contribution in [1.82, 2.24) is 19.7 Å². The van der Waals surface area contributed by atoms with Gasteiger partial charge < -0.3 is 0 Å². The van der Waals surface area contributed by atoms with Crippen molar-refractivity contribution in [2.24, 2.45) is 0 Å². The molecule has 6 nitrogen and oxygen atoms in total. The lowest BCUT2D eigenvalue weighted by Gasteiger charge is -2.09. The van der Waals surface area contributed by atoms with Crippen LogP contribution in [0.5, 0.6) is 0 Å². The Morgan fingerprint density at radius 3 is 2.18 bits per heavy atom. The largest absolute Gasteiger partial charge is 0.266 e. The molecule has 2 aromatic heterocycles. The van der Waals surface area contributed by atoms with Crippen LogP contribution in [0.3, 0.4) is 0 Å². The standard InChI is InChI=1S/C15H14N4O2S/c1-11-3-5-13(6-4-11)19-14(12-7-9-16-10-8-12)17-18-15(19)22(2,20)21/h3-10H,1-2H3. The zero-order chi connectivity index (χ0) is 15.7. The van der Waals surface area contributed by atoms with Gasteiger partial charge in [-0.3, -0.25) is 9.55 Å². The van der Waals surface area contributed by atoms with Crippen LogP contribution in [0.25, 0.3) is 17.1 Å². The lowest BCUT2D eigenvalue weighted by Crippen LogP contribution is -2.08. The van der Waals surface area contributed by atoms with Crippen molar-refractivity contribution >= 4 is 9.84 Å². The highest BCUT2D eigenvalue weighted by molar-refractivity contribution is 7.90. The quantitative estimate of drug-likeness (QED) is 0.739. The van der Waals surface area contributed by atoms with Crippen molar-refractivity contribution in [2.75, 3.05) is 6.26 Å². The number of benzene rings is 1. The van der Waals surface area contributed by atoms with Crippen LogP contribution >= 0.6 is 0 Å². The summed E-state index contributed by atoms with van der Waals surface area (Å²) in [6.07, 6.45) is 4.38. The Bertz CT molecular complexity index is 900.